The molecule has 1 atom stereocenters. The van der Waals surface area contributed by atoms with E-state index in [-0.39, 0.29) is 23.2 Å². The van der Waals surface area contributed by atoms with Crippen molar-refractivity contribution in [1.82, 2.24) is 9.55 Å². The molecule has 3 rings (SSSR count). The molecule has 0 aliphatic carbocycles. The molecule has 2 heterocycles. The zero-order valence-electron chi connectivity index (χ0n) is 13.4. The van der Waals surface area contributed by atoms with E-state index in [9.17, 15) is 14.4 Å². The summed E-state index contributed by atoms with van der Waals surface area (Å²) in [5, 5.41) is 3.50. The second kappa shape index (κ2) is 6.60. The highest BCUT2D eigenvalue weighted by Crippen LogP contribution is 2.25. The summed E-state index contributed by atoms with van der Waals surface area (Å²) in [6, 6.07) is 6.77. The molecule has 124 valence electrons. The summed E-state index contributed by atoms with van der Waals surface area (Å²) in [4.78, 5) is 40.2. The Labute approximate surface area is 143 Å². The number of nitrogens with one attached hydrogen (secondary N) is 1. The smallest absolute Gasteiger partial charge is 0.257 e. The molecule has 0 radical (unpaired) electrons. The van der Waals surface area contributed by atoms with Crippen LogP contribution < -0.4 is 10.9 Å². The highest BCUT2D eigenvalue weighted by Gasteiger charge is 2.27. The zero-order chi connectivity index (χ0) is 17.3. The van der Waals surface area contributed by atoms with Gasteiger partial charge in [-0.05, 0) is 38.1 Å². The van der Waals surface area contributed by atoms with Crippen molar-refractivity contribution in [2.45, 2.75) is 25.5 Å². The third kappa shape index (κ3) is 3.26. The molecule has 7 heteroatoms. The van der Waals surface area contributed by atoms with Gasteiger partial charge in [-0.15, -0.1) is 0 Å². The Kier molecular flexibility index (Phi) is 4.53. The number of aryl methyl sites for hydroxylation is 1. The van der Waals surface area contributed by atoms with E-state index >= 15 is 0 Å². The molecule has 24 heavy (non-hydrogen) atoms. The molecule has 2 aromatic rings. The lowest BCUT2D eigenvalue weighted by molar-refractivity contribution is -0.119. The predicted molar refractivity (Wildman–Crippen MR) is 92.5 cm³/mol. The molecule has 0 spiro atoms. The van der Waals surface area contributed by atoms with Gasteiger partial charge < -0.3 is 5.32 Å². The van der Waals surface area contributed by atoms with Crippen LogP contribution in [0.5, 0.6) is 0 Å². The Bertz CT molecular complexity index is 858. The fourth-order valence-corrected chi connectivity index (χ4v) is 3.54. The molecule has 0 saturated heterocycles. The van der Waals surface area contributed by atoms with Gasteiger partial charge in [-0.1, -0.05) is 11.8 Å². The molecule has 1 aromatic heterocycles. The van der Waals surface area contributed by atoms with Crippen molar-refractivity contribution in [2.75, 3.05) is 11.1 Å². The van der Waals surface area contributed by atoms with Crippen LogP contribution in [0.3, 0.4) is 0 Å². The van der Waals surface area contributed by atoms with Crippen molar-refractivity contribution in [3.8, 4) is 0 Å². The topological polar surface area (TPSA) is 81.1 Å². The number of carbonyl (C=O) groups excluding carboxylic acids is 2. The molecule has 0 fully saturated rings. The van der Waals surface area contributed by atoms with Gasteiger partial charge in [0.2, 0.25) is 5.91 Å². The number of benzene rings is 1. The van der Waals surface area contributed by atoms with Crippen LogP contribution in [-0.2, 0) is 11.3 Å². The van der Waals surface area contributed by atoms with Crippen molar-refractivity contribution < 1.29 is 9.59 Å². The van der Waals surface area contributed by atoms with Gasteiger partial charge in [-0.25, -0.2) is 4.98 Å². The Balaban J connectivity index is 1.73. The fourth-order valence-electron chi connectivity index (χ4n) is 2.49. The van der Waals surface area contributed by atoms with Crippen LogP contribution >= 0.6 is 11.8 Å². The first-order valence-corrected chi connectivity index (χ1v) is 8.55. The second-order valence-electron chi connectivity index (χ2n) is 5.77. The number of Topliss-reactive ketones (excluding diaryl/α,β-unsaturated/α-hetero) is 1. The molecule has 1 N–H and O–H groups in total. The number of hydrogen-bond donors (Lipinski definition) is 1. The van der Waals surface area contributed by atoms with Gasteiger partial charge in [0.1, 0.15) is 0 Å². The standard InChI is InChI=1S/C17H17N3O3S/c1-10-7-18-17-20(16(10)23)8-13(9-24-17)15(22)19-14-5-3-12(4-6-14)11(2)21/h3-7,13H,8-9H2,1-2H3,(H,19,22)/t13-/m0/s1. The minimum absolute atomic E-state index is 0.0181. The summed E-state index contributed by atoms with van der Waals surface area (Å²) in [5.74, 6) is 0.108. The Morgan fingerprint density at radius 1 is 1.29 bits per heavy atom. The number of fused-ring (bicyclic) bond motifs is 1. The van der Waals surface area contributed by atoms with Crippen LogP contribution in [0, 0.1) is 12.8 Å². The van der Waals surface area contributed by atoms with Crippen molar-refractivity contribution in [1.29, 1.82) is 0 Å². The molecular weight excluding hydrogens is 326 g/mol. The van der Waals surface area contributed by atoms with Crippen molar-refractivity contribution in [3.05, 3.63) is 51.9 Å². The average molecular weight is 343 g/mol. The minimum Gasteiger partial charge on any atom is -0.326 e. The maximum absolute atomic E-state index is 12.5. The Morgan fingerprint density at radius 2 is 2.00 bits per heavy atom. The molecule has 1 amide bonds. The number of rotatable bonds is 3. The second-order valence-corrected chi connectivity index (χ2v) is 6.76. The van der Waals surface area contributed by atoms with E-state index in [4.69, 9.17) is 0 Å². The number of ketones is 1. The first kappa shape index (κ1) is 16.4. The lowest BCUT2D eigenvalue weighted by Crippen LogP contribution is -2.37. The van der Waals surface area contributed by atoms with Crippen LogP contribution in [0.25, 0.3) is 0 Å². The monoisotopic (exact) mass is 343 g/mol. The number of anilines is 1. The maximum atomic E-state index is 12.5. The van der Waals surface area contributed by atoms with E-state index in [1.54, 1.807) is 42.0 Å². The molecule has 1 aliphatic rings. The van der Waals surface area contributed by atoms with E-state index in [2.05, 4.69) is 10.3 Å². The quantitative estimate of drug-likeness (QED) is 0.682. The van der Waals surface area contributed by atoms with E-state index in [0.29, 0.717) is 34.3 Å². The van der Waals surface area contributed by atoms with E-state index in [0.717, 1.165) is 0 Å². The number of amides is 1. The minimum atomic E-state index is -0.309. The lowest BCUT2D eigenvalue weighted by Gasteiger charge is -2.24. The number of nitrogens with zero attached hydrogens (tertiary/aromatic N) is 2. The van der Waals surface area contributed by atoms with E-state index in [1.807, 2.05) is 0 Å². The molecule has 6 nitrogen and oxygen atoms in total. The number of thioether (sulfide) groups is 1. The number of aromatic nitrogens is 2. The summed E-state index contributed by atoms with van der Waals surface area (Å²) in [5.41, 5.74) is 1.70. The van der Waals surface area contributed by atoms with Gasteiger partial charge in [0.25, 0.3) is 5.56 Å². The van der Waals surface area contributed by atoms with Crippen LogP contribution in [0.1, 0.15) is 22.8 Å². The summed E-state index contributed by atoms with van der Waals surface area (Å²) < 4.78 is 1.56. The molecule has 0 bridgehead atoms. The first-order valence-electron chi connectivity index (χ1n) is 7.57. The van der Waals surface area contributed by atoms with E-state index in [1.165, 1.54) is 18.7 Å². The molecule has 0 unspecified atom stereocenters. The summed E-state index contributed by atoms with van der Waals surface area (Å²) >= 11 is 1.41. The van der Waals surface area contributed by atoms with Crippen LogP contribution in [0.4, 0.5) is 5.69 Å². The fraction of sp³-hybridized carbons (Fsp3) is 0.294. The SMILES string of the molecule is CC(=O)c1ccc(NC(=O)[C@@H]2CSc3ncc(C)c(=O)n3C2)cc1. The average Bonchev–Trinajstić information content (AvgIpc) is 2.58. The van der Waals surface area contributed by atoms with Crippen LogP contribution in [0.2, 0.25) is 0 Å². The summed E-state index contributed by atoms with van der Waals surface area (Å²) in [7, 11) is 0. The maximum Gasteiger partial charge on any atom is 0.257 e. The normalized spacial score (nSPS) is 16.3. The van der Waals surface area contributed by atoms with Gasteiger partial charge in [-0.3, -0.25) is 19.0 Å². The number of carbonyl (C=O) groups is 2. The van der Waals surface area contributed by atoms with Gasteiger partial charge in [0, 0.05) is 35.3 Å². The van der Waals surface area contributed by atoms with E-state index < -0.39 is 0 Å². The van der Waals surface area contributed by atoms with Crippen molar-refractivity contribution in [2.24, 2.45) is 5.92 Å². The summed E-state index contributed by atoms with van der Waals surface area (Å²) in [6.45, 7) is 3.54. The highest BCUT2D eigenvalue weighted by molar-refractivity contribution is 7.99. The van der Waals surface area contributed by atoms with Crippen LogP contribution in [0.15, 0.2) is 40.4 Å². The van der Waals surface area contributed by atoms with Gasteiger partial charge in [0.05, 0.1) is 5.92 Å². The lowest BCUT2D eigenvalue weighted by atomic mass is 10.1. The molecule has 1 aromatic carbocycles. The van der Waals surface area contributed by atoms with Crippen molar-refractivity contribution >= 4 is 29.1 Å². The highest BCUT2D eigenvalue weighted by atomic mass is 32.2. The molecular formula is C17H17N3O3S. The Hall–Kier alpha value is -2.41. The summed E-state index contributed by atoms with van der Waals surface area (Å²) in [6.07, 6.45) is 1.57. The Morgan fingerprint density at radius 3 is 2.67 bits per heavy atom. The van der Waals surface area contributed by atoms with Gasteiger partial charge in [0.15, 0.2) is 10.9 Å². The van der Waals surface area contributed by atoms with Gasteiger partial charge >= 0.3 is 0 Å². The molecule has 0 saturated carbocycles. The van der Waals surface area contributed by atoms with Crippen molar-refractivity contribution in [3.63, 3.8) is 0 Å². The largest absolute Gasteiger partial charge is 0.326 e. The zero-order valence-corrected chi connectivity index (χ0v) is 14.2. The third-order valence-electron chi connectivity index (χ3n) is 3.93. The third-order valence-corrected chi connectivity index (χ3v) is 5.08. The van der Waals surface area contributed by atoms with Gasteiger partial charge in [-0.2, -0.15) is 0 Å². The number of hydrogen-bond acceptors (Lipinski definition) is 5. The van der Waals surface area contributed by atoms with Crippen LogP contribution in [-0.4, -0.2) is 27.0 Å². The first-order chi connectivity index (χ1) is 11.5. The molecule has 1 aliphatic heterocycles. The predicted octanol–water partition coefficient (Wildman–Crippen LogP) is 2.11.